The maximum absolute atomic E-state index is 13.6. The van der Waals surface area contributed by atoms with Gasteiger partial charge in [0.25, 0.3) is 5.91 Å². The fourth-order valence-electron chi connectivity index (χ4n) is 1.87. The van der Waals surface area contributed by atoms with Gasteiger partial charge in [0.05, 0.1) is 17.4 Å². The quantitative estimate of drug-likeness (QED) is 0.801. The van der Waals surface area contributed by atoms with Crippen molar-refractivity contribution in [3.8, 4) is 0 Å². The van der Waals surface area contributed by atoms with E-state index in [0.29, 0.717) is 17.8 Å². The molecule has 0 aliphatic heterocycles. The van der Waals surface area contributed by atoms with Crippen LogP contribution in [0.15, 0.2) is 36.7 Å². The van der Waals surface area contributed by atoms with Crippen molar-refractivity contribution >= 4 is 17.3 Å². The topological polar surface area (TPSA) is 54.0 Å². The first kappa shape index (κ1) is 15.9. The second kappa shape index (κ2) is 7.49. The summed E-state index contributed by atoms with van der Waals surface area (Å²) < 4.78 is 27.2. The van der Waals surface area contributed by atoms with Gasteiger partial charge in [-0.05, 0) is 24.6 Å². The zero-order chi connectivity index (χ0) is 15.9. The van der Waals surface area contributed by atoms with Gasteiger partial charge in [-0.25, -0.2) is 8.78 Å². The molecule has 0 radical (unpaired) electrons. The zero-order valence-corrected chi connectivity index (χ0v) is 12.2. The molecular weight excluding hydrogens is 288 g/mol. The molecule has 116 valence electrons. The lowest BCUT2D eigenvalue weighted by Crippen LogP contribution is -2.24. The van der Waals surface area contributed by atoms with Gasteiger partial charge in [-0.15, -0.1) is 0 Å². The summed E-state index contributed by atoms with van der Waals surface area (Å²) in [5.41, 5.74) is 0.401. The lowest BCUT2D eigenvalue weighted by atomic mass is 10.2. The SMILES string of the molecule is CCCCNC(=O)c1cncc(Nc2c(F)cccc2F)c1. The van der Waals surface area contributed by atoms with E-state index < -0.39 is 11.6 Å². The average molecular weight is 305 g/mol. The number of nitrogens with zero attached hydrogens (tertiary/aromatic N) is 1. The van der Waals surface area contributed by atoms with Gasteiger partial charge < -0.3 is 10.6 Å². The Morgan fingerprint density at radius 2 is 1.95 bits per heavy atom. The molecule has 0 saturated carbocycles. The molecule has 1 aromatic heterocycles. The van der Waals surface area contributed by atoms with Crippen molar-refractivity contribution < 1.29 is 13.6 Å². The van der Waals surface area contributed by atoms with Crippen LogP contribution in [-0.4, -0.2) is 17.4 Å². The van der Waals surface area contributed by atoms with Crippen molar-refractivity contribution in [3.05, 3.63) is 53.9 Å². The van der Waals surface area contributed by atoms with Gasteiger partial charge in [-0.2, -0.15) is 0 Å². The van der Waals surface area contributed by atoms with E-state index >= 15 is 0 Å². The lowest BCUT2D eigenvalue weighted by molar-refractivity contribution is 0.0953. The first-order valence-corrected chi connectivity index (χ1v) is 7.06. The molecule has 1 amide bonds. The van der Waals surface area contributed by atoms with E-state index in [1.165, 1.54) is 24.5 Å². The molecule has 4 nitrogen and oxygen atoms in total. The Bertz CT molecular complexity index is 641. The summed E-state index contributed by atoms with van der Waals surface area (Å²) >= 11 is 0. The van der Waals surface area contributed by atoms with Crippen LogP contribution in [0.1, 0.15) is 30.1 Å². The molecule has 0 unspecified atom stereocenters. The van der Waals surface area contributed by atoms with Crippen LogP contribution in [0.5, 0.6) is 0 Å². The highest BCUT2D eigenvalue weighted by molar-refractivity contribution is 5.94. The molecule has 6 heteroatoms. The number of benzene rings is 1. The van der Waals surface area contributed by atoms with Gasteiger partial charge in [0.2, 0.25) is 0 Å². The molecule has 0 saturated heterocycles. The Balaban J connectivity index is 2.13. The van der Waals surface area contributed by atoms with Crippen LogP contribution in [0.3, 0.4) is 0 Å². The highest BCUT2D eigenvalue weighted by atomic mass is 19.1. The van der Waals surface area contributed by atoms with Crippen LogP contribution in [0, 0.1) is 11.6 Å². The molecule has 2 rings (SSSR count). The summed E-state index contributed by atoms with van der Waals surface area (Å²) in [4.78, 5) is 15.9. The van der Waals surface area contributed by atoms with E-state index in [2.05, 4.69) is 15.6 Å². The third-order valence-corrected chi connectivity index (χ3v) is 3.05. The van der Waals surface area contributed by atoms with Gasteiger partial charge in [-0.1, -0.05) is 19.4 Å². The van der Waals surface area contributed by atoms with Crippen molar-refractivity contribution in [1.29, 1.82) is 0 Å². The van der Waals surface area contributed by atoms with Crippen molar-refractivity contribution in [3.63, 3.8) is 0 Å². The Morgan fingerprint density at radius 1 is 1.23 bits per heavy atom. The summed E-state index contributed by atoms with van der Waals surface area (Å²) in [5.74, 6) is -1.69. The molecule has 2 N–H and O–H groups in total. The van der Waals surface area contributed by atoms with Crippen molar-refractivity contribution in [2.45, 2.75) is 19.8 Å². The standard InChI is InChI=1S/C16H17F2N3O/c1-2-3-7-20-16(22)11-8-12(10-19-9-11)21-15-13(17)5-4-6-14(15)18/h4-6,8-10,21H,2-3,7H2,1H3,(H,20,22). The minimum absolute atomic E-state index is 0.265. The second-order valence-electron chi connectivity index (χ2n) is 4.79. The number of pyridine rings is 1. The molecule has 22 heavy (non-hydrogen) atoms. The van der Waals surface area contributed by atoms with E-state index in [0.717, 1.165) is 25.0 Å². The normalized spacial score (nSPS) is 10.3. The van der Waals surface area contributed by atoms with Crippen LogP contribution in [0.4, 0.5) is 20.2 Å². The van der Waals surface area contributed by atoms with E-state index in [9.17, 15) is 13.6 Å². The molecular formula is C16H17F2N3O. The Kier molecular flexibility index (Phi) is 5.41. The van der Waals surface area contributed by atoms with Gasteiger partial charge >= 0.3 is 0 Å². The predicted molar refractivity (Wildman–Crippen MR) is 81.1 cm³/mol. The summed E-state index contributed by atoms with van der Waals surface area (Å²) in [6.45, 7) is 2.61. The number of nitrogens with one attached hydrogen (secondary N) is 2. The van der Waals surface area contributed by atoms with Crippen LogP contribution in [-0.2, 0) is 0 Å². The number of aromatic nitrogens is 1. The van der Waals surface area contributed by atoms with E-state index in [4.69, 9.17) is 0 Å². The number of hydrogen-bond donors (Lipinski definition) is 2. The largest absolute Gasteiger partial charge is 0.352 e. The Hall–Kier alpha value is -2.50. The second-order valence-corrected chi connectivity index (χ2v) is 4.79. The molecule has 0 bridgehead atoms. The maximum Gasteiger partial charge on any atom is 0.252 e. The number of rotatable bonds is 6. The maximum atomic E-state index is 13.6. The molecule has 1 aromatic carbocycles. The number of amides is 1. The summed E-state index contributed by atoms with van der Waals surface area (Å²) in [5, 5.41) is 5.37. The molecule has 0 aliphatic carbocycles. The Labute approximate surface area is 127 Å². The number of anilines is 2. The highest BCUT2D eigenvalue weighted by Gasteiger charge is 2.10. The van der Waals surface area contributed by atoms with E-state index in [1.54, 1.807) is 0 Å². The lowest BCUT2D eigenvalue weighted by Gasteiger charge is -2.10. The van der Waals surface area contributed by atoms with E-state index in [-0.39, 0.29) is 11.6 Å². The fraction of sp³-hybridized carbons (Fsp3) is 0.250. The van der Waals surface area contributed by atoms with Gasteiger partial charge in [0, 0.05) is 12.7 Å². The summed E-state index contributed by atoms with van der Waals surface area (Å²) in [7, 11) is 0. The van der Waals surface area contributed by atoms with Crippen LogP contribution in [0.2, 0.25) is 0 Å². The number of carbonyl (C=O) groups is 1. The number of halogens is 2. The van der Waals surface area contributed by atoms with Crippen LogP contribution >= 0.6 is 0 Å². The molecule has 0 spiro atoms. The molecule has 0 fully saturated rings. The molecule has 1 heterocycles. The van der Waals surface area contributed by atoms with Crippen LogP contribution in [0.25, 0.3) is 0 Å². The predicted octanol–water partition coefficient (Wildman–Crippen LogP) is 3.63. The number of para-hydroxylation sites is 1. The Morgan fingerprint density at radius 3 is 2.64 bits per heavy atom. The molecule has 0 atom stereocenters. The van der Waals surface area contributed by atoms with Crippen molar-refractivity contribution in [1.82, 2.24) is 10.3 Å². The van der Waals surface area contributed by atoms with Gasteiger partial charge in [0.1, 0.15) is 17.3 Å². The minimum atomic E-state index is -0.710. The number of carbonyl (C=O) groups excluding carboxylic acids is 1. The smallest absolute Gasteiger partial charge is 0.252 e. The fourth-order valence-corrected chi connectivity index (χ4v) is 1.87. The van der Waals surface area contributed by atoms with E-state index in [1.807, 2.05) is 6.92 Å². The number of hydrogen-bond acceptors (Lipinski definition) is 3. The van der Waals surface area contributed by atoms with Crippen LogP contribution < -0.4 is 10.6 Å². The summed E-state index contributed by atoms with van der Waals surface area (Å²) in [6, 6.07) is 5.09. The molecule has 0 aliphatic rings. The third-order valence-electron chi connectivity index (χ3n) is 3.05. The summed E-state index contributed by atoms with van der Waals surface area (Å²) in [6.07, 6.45) is 4.67. The minimum Gasteiger partial charge on any atom is -0.352 e. The molecule has 2 aromatic rings. The average Bonchev–Trinajstić information content (AvgIpc) is 2.51. The monoisotopic (exact) mass is 305 g/mol. The number of unbranched alkanes of at least 4 members (excludes halogenated alkanes) is 1. The van der Waals surface area contributed by atoms with Crippen molar-refractivity contribution in [2.75, 3.05) is 11.9 Å². The van der Waals surface area contributed by atoms with Gasteiger partial charge in [0.15, 0.2) is 0 Å². The zero-order valence-electron chi connectivity index (χ0n) is 12.2. The van der Waals surface area contributed by atoms with Crippen molar-refractivity contribution in [2.24, 2.45) is 0 Å². The highest BCUT2D eigenvalue weighted by Crippen LogP contribution is 2.23. The first-order valence-electron chi connectivity index (χ1n) is 7.06. The van der Waals surface area contributed by atoms with Gasteiger partial charge in [-0.3, -0.25) is 9.78 Å². The first-order chi connectivity index (χ1) is 10.6. The third kappa shape index (κ3) is 4.00.